The zero-order chi connectivity index (χ0) is 29.6. The third kappa shape index (κ3) is 7.78. The Bertz CT molecular complexity index is 1420. The van der Waals surface area contributed by atoms with Crippen LogP contribution < -0.4 is 14.8 Å². The van der Waals surface area contributed by atoms with E-state index >= 15 is 0 Å². The fraction of sp³-hybridized carbons (Fsp3) is 0.400. The van der Waals surface area contributed by atoms with Crippen molar-refractivity contribution in [2.24, 2.45) is 5.92 Å². The number of fused-ring (bicyclic) bond motifs is 1. The molecule has 10 nitrogen and oxygen atoms in total. The number of rotatable bonds is 10. The Hall–Kier alpha value is -3.67. The summed E-state index contributed by atoms with van der Waals surface area (Å²) in [5.74, 6) is 1.16. The number of benzene rings is 2. The standard InChI is InChI=1S/C30H34ClN5O5S/c1-20(2)15-36(29(39)22-4-6-23(31)7-5-22)17-27(37)33-30-32-24(18-42-30)14-28(38)35-11-9-34(10-12-35)16-21-3-8-25-26(13-21)41-19-40-25/h3-8,13,18,20H,9-12,14-17,19H2,1-2H3,(H,32,33,37). The molecule has 0 saturated carbocycles. The molecule has 42 heavy (non-hydrogen) atoms. The normalized spacial score (nSPS) is 14.7. The van der Waals surface area contributed by atoms with Crippen molar-refractivity contribution in [1.29, 1.82) is 0 Å². The smallest absolute Gasteiger partial charge is 0.254 e. The molecule has 0 spiro atoms. The zero-order valence-electron chi connectivity index (χ0n) is 23.7. The van der Waals surface area contributed by atoms with E-state index in [2.05, 4.69) is 15.2 Å². The summed E-state index contributed by atoms with van der Waals surface area (Å²) < 4.78 is 10.9. The van der Waals surface area contributed by atoms with Gasteiger partial charge in [0.25, 0.3) is 5.91 Å². The number of carbonyl (C=O) groups excluding carboxylic acids is 3. The van der Waals surface area contributed by atoms with E-state index in [1.807, 2.05) is 36.9 Å². The summed E-state index contributed by atoms with van der Waals surface area (Å²) >= 11 is 7.22. The van der Waals surface area contributed by atoms with E-state index in [0.29, 0.717) is 41.0 Å². The van der Waals surface area contributed by atoms with E-state index in [0.717, 1.165) is 36.7 Å². The van der Waals surface area contributed by atoms with Crippen molar-refractivity contribution in [2.45, 2.75) is 26.8 Å². The number of hydrogen-bond acceptors (Lipinski definition) is 8. The predicted octanol–water partition coefficient (Wildman–Crippen LogP) is 4.15. The highest BCUT2D eigenvalue weighted by atomic mass is 35.5. The van der Waals surface area contributed by atoms with Gasteiger partial charge in [-0.3, -0.25) is 19.3 Å². The number of carbonyl (C=O) groups is 3. The highest BCUT2D eigenvalue weighted by Crippen LogP contribution is 2.33. The summed E-state index contributed by atoms with van der Waals surface area (Å²) in [4.78, 5) is 49.0. The molecule has 1 fully saturated rings. The van der Waals surface area contributed by atoms with Crippen molar-refractivity contribution in [3.05, 3.63) is 69.7 Å². The number of anilines is 1. The lowest BCUT2D eigenvalue weighted by Gasteiger charge is -2.34. The number of aromatic nitrogens is 1. The maximum absolute atomic E-state index is 13.0. The molecule has 1 saturated heterocycles. The second-order valence-corrected chi connectivity index (χ2v) is 12.1. The number of nitrogens with one attached hydrogen (secondary N) is 1. The van der Waals surface area contributed by atoms with Gasteiger partial charge in [0.15, 0.2) is 16.6 Å². The average molecular weight is 612 g/mol. The van der Waals surface area contributed by atoms with Gasteiger partial charge in [0, 0.05) is 55.2 Å². The lowest BCUT2D eigenvalue weighted by molar-refractivity contribution is -0.132. The molecule has 1 N–H and O–H groups in total. The molecule has 2 aliphatic heterocycles. The number of ether oxygens (including phenoxy) is 2. The van der Waals surface area contributed by atoms with Crippen LogP contribution in [-0.2, 0) is 22.6 Å². The number of thiazole rings is 1. The van der Waals surface area contributed by atoms with Crippen LogP contribution in [0.1, 0.15) is 35.5 Å². The van der Waals surface area contributed by atoms with Crippen LogP contribution in [0.4, 0.5) is 5.13 Å². The molecular formula is C30H34ClN5O5S. The third-order valence-electron chi connectivity index (χ3n) is 7.00. The SMILES string of the molecule is CC(C)CN(CC(=O)Nc1nc(CC(=O)N2CCN(Cc3ccc4c(c3)OCO4)CC2)cs1)C(=O)c1ccc(Cl)cc1. The van der Waals surface area contributed by atoms with Gasteiger partial charge in [0.2, 0.25) is 18.6 Å². The minimum absolute atomic E-state index is 0.0116. The summed E-state index contributed by atoms with van der Waals surface area (Å²) in [6.07, 6.45) is 0.170. The molecular weight excluding hydrogens is 578 g/mol. The fourth-order valence-corrected chi connectivity index (χ4v) is 5.78. The Morgan fingerprint density at radius 3 is 2.52 bits per heavy atom. The van der Waals surface area contributed by atoms with E-state index in [9.17, 15) is 14.4 Å². The molecule has 0 radical (unpaired) electrons. The summed E-state index contributed by atoms with van der Waals surface area (Å²) in [6, 6.07) is 12.6. The summed E-state index contributed by atoms with van der Waals surface area (Å²) in [6.45, 7) is 8.19. The third-order valence-corrected chi connectivity index (χ3v) is 8.06. The van der Waals surface area contributed by atoms with Crippen LogP contribution in [-0.4, -0.2) is 83.5 Å². The first kappa shape index (κ1) is 29.8. The van der Waals surface area contributed by atoms with Gasteiger partial charge in [-0.2, -0.15) is 0 Å². The molecule has 3 heterocycles. The minimum atomic E-state index is -0.344. The maximum atomic E-state index is 13.0. The van der Waals surface area contributed by atoms with Crippen molar-refractivity contribution in [2.75, 3.05) is 51.4 Å². The van der Waals surface area contributed by atoms with Gasteiger partial charge in [0.05, 0.1) is 12.1 Å². The van der Waals surface area contributed by atoms with Crippen LogP contribution >= 0.6 is 22.9 Å². The van der Waals surface area contributed by atoms with Crippen molar-refractivity contribution in [1.82, 2.24) is 19.7 Å². The Balaban J connectivity index is 1.09. The average Bonchev–Trinajstić information content (AvgIpc) is 3.61. The van der Waals surface area contributed by atoms with Crippen LogP contribution in [0.25, 0.3) is 0 Å². The first-order chi connectivity index (χ1) is 20.2. The number of nitrogens with zero attached hydrogens (tertiary/aromatic N) is 4. The van der Waals surface area contributed by atoms with Gasteiger partial charge in [-0.05, 0) is 47.9 Å². The van der Waals surface area contributed by atoms with E-state index < -0.39 is 0 Å². The fourth-order valence-electron chi connectivity index (χ4n) is 4.93. The Morgan fingerprint density at radius 1 is 1.05 bits per heavy atom. The van der Waals surface area contributed by atoms with Crippen molar-refractivity contribution >= 4 is 45.8 Å². The van der Waals surface area contributed by atoms with E-state index in [1.54, 1.807) is 29.6 Å². The molecule has 1 aromatic heterocycles. The molecule has 3 amide bonds. The van der Waals surface area contributed by atoms with E-state index in [1.165, 1.54) is 16.2 Å². The van der Waals surface area contributed by atoms with Crippen LogP contribution in [0.2, 0.25) is 5.02 Å². The van der Waals surface area contributed by atoms with Crippen molar-refractivity contribution in [3.8, 4) is 11.5 Å². The van der Waals surface area contributed by atoms with Crippen molar-refractivity contribution in [3.63, 3.8) is 0 Å². The number of piperazine rings is 1. The molecule has 2 aromatic carbocycles. The highest BCUT2D eigenvalue weighted by Gasteiger charge is 2.24. The van der Waals surface area contributed by atoms with Gasteiger partial charge in [-0.1, -0.05) is 31.5 Å². The summed E-state index contributed by atoms with van der Waals surface area (Å²) in [5.41, 5.74) is 2.23. The molecule has 2 aliphatic rings. The number of amides is 3. The zero-order valence-corrected chi connectivity index (χ0v) is 25.2. The van der Waals surface area contributed by atoms with Gasteiger partial charge >= 0.3 is 0 Å². The van der Waals surface area contributed by atoms with Gasteiger partial charge in [-0.25, -0.2) is 4.98 Å². The molecule has 3 aromatic rings. The molecule has 222 valence electrons. The van der Waals surface area contributed by atoms with Crippen LogP contribution in [0, 0.1) is 5.92 Å². The molecule has 0 atom stereocenters. The summed E-state index contributed by atoms with van der Waals surface area (Å²) in [7, 11) is 0. The molecule has 0 unspecified atom stereocenters. The Labute approximate surface area is 254 Å². The number of halogens is 1. The molecule has 12 heteroatoms. The maximum Gasteiger partial charge on any atom is 0.254 e. The second kappa shape index (κ2) is 13.5. The molecule has 0 aliphatic carbocycles. The topological polar surface area (TPSA) is 104 Å². The Morgan fingerprint density at radius 2 is 1.79 bits per heavy atom. The van der Waals surface area contributed by atoms with Crippen LogP contribution in [0.5, 0.6) is 11.5 Å². The highest BCUT2D eigenvalue weighted by molar-refractivity contribution is 7.13. The monoisotopic (exact) mass is 611 g/mol. The van der Waals surface area contributed by atoms with Gasteiger partial charge < -0.3 is 24.6 Å². The minimum Gasteiger partial charge on any atom is -0.454 e. The van der Waals surface area contributed by atoms with Crippen molar-refractivity contribution < 1.29 is 23.9 Å². The lowest BCUT2D eigenvalue weighted by Crippen LogP contribution is -2.48. The van der Waals surface area contributed by atoms with Crippen LogP contribution in [0.3, 0.4) is 0 Å². The van der Waals surface area contributed by atoms with Gasteiger partial charge in [-0.15, -0.1) is 11.3 Å². The first-order valence-corrected chi connectivity index (χ1v) is 15.2. The molecule has 0 bridgehead atoms. The predicted molar refractivity (Wildman–Crippen MR) is 161 cm³/mol. The van der Waals surface area contributed by atoms with E-state index in [-0.39, 0.29) is 43.4 Å². The number of hydrogen-bond donors (Lipinski definition) is 1. The largest absolute Gasteiger partial charge is 0.454 e. The second-order valence-electron chi connectivity index (χ2n) is 10.8. The quantitative estimate of drug-likeness (QED) is 0.367. The van der Waals surface area contributed by atoms with Crippen LogP contribution in [0.15, 0.2) is 47.8 Å². The lowest BCUT2D eigenvalue weighted by atomic mass is 10.1. The first-order valence-electron chi connectivity index (χ1n) is 13.9. The van der Waals surface area contributed by atoms with Gasteiger partial charge in [0.1, 0.15) is 6.54 Å². The summed E-state index contributed by atoms with van der Waals surface area (Å²) in [5, 5.41) is 5.51. The molecule has 5 rings (SSSR count). The Kier molecular flexibility index (Phi) is 9.61. The van der Waals surface area contributed by atoms with E-state index in [4.69, 9.17) is 21.1 Å².